The van der Waals surface area contributed by atoms with Crippen molar-refractivity contribution in [3.8, 4) is 0 Å². The molecule has 0 bridgehead atoms. The smallest absolute Gasteiger partial charge is 0.239 e. The number of rotatable bonds is 5. The first-order chi connectivity index (χ1) is 14.2. The molecule has 2 aliphatic rings. The molecule has 2 amide bonds. The average Bonchev–Trinajstić information content (AvgIpc) is 3.07. The van der Waals surface area contributed by atoms with Crippen LogP contribution in [0.4, 0.5) is 0 Å². The molecule has 2 aromatic rings. The van der Waals surface area contributed by atoms with E-state index in [4.69, 9.17) is 0 Å². The molecule has 0 N–H and O–H groups in total. The maximum absolute atomic E-state index is 12.5. The van der Waals surface area contributed by atoms with Crippen LogP contribution in [0.1, 0.15) is 22.1 Å². The number of carbonyl (C=O) groups excluding carboxylic acids is 2. The van der Waals surface area contributed by atoms with Crippen molar-refractivity contribution < 1.29 is 26.4 Å². The van der Waals surface area contributed by atoms with Crippen molar-refractivity contribution in [1.82, 2.24) is 19.8 Å². The summed E-state index contributed by atoms with van der Waals surface area (Å²) in [6.45, 7) is -0.298. The molecule has 0 aliphatic carbocycles. The lowest BCUT2D eigenvalue weighted by Gasteiger charge is -2.28. The fourth-order valence-electron chi connectivity index (χ4n) is 3.75. The van der Waals surface area contributed by atoms with Gasteiger partial charge in [0.2, 0.25) is 11.8 Å². The van der Waals surface area contributed by atoms with Gasteiger partial charge in [0.15, 0.2) is 30.4 Å². The number of hydrogen-bond donors (Lipinski definition) is 0. The van der Waals surface area contributed by atoms with E-state index in [1.54, 1.807) is 24.3 Å². The molecule has 0 aromatic carbocycles. The standard InChI is InChI=1S/C18H18N4O6S2/c23-15-11-29(25,26)17(13-5-1-3-7-19-13)21(15)9-10-22-16(24)12-30(27,28)18(22)14-6-2-4-8-20-14/h1-8,17-18H,9-12H2/t17-,18-/m0/s1. The maximum atomic E-state index is 12.5. The van der Waals surface area contributed by atoms with E-state index in [9.17, 15) is 26.4 Å². The van der Waals surface area contributed by atoms with E-state index in [1.807, 2.05) is 0 Å². The lowest BCUT2D eigenvalue weighted by atomic mass is 10.3. The largest absolute Gasteiger partial charge is 0.318 e. The Kier molecular flexibility index (Phi) is 5.06. The molecule has 0 spiro atoms. The summed E-state index contributed by atoms with van der Waals surface area (Å²) in [4.78, 5) is 35.2. The van der Waals surface area contributed by atoms with Gasteiger partial charge in [-0.25, -0.2) is 16.8 Å². The second-order valence-corrected chi connectivity index (χ2v) is 11.1. The number of amides is 2. The summed E-state index contributed by atoms with van der Waals surface area (Å²) in [5.41, 5.74) is 0.398. The number of pyridine rings is 2. The zero-order chi connectivity index (χ0) is 21.5. The Balaban J connectivity index is 1.62. The molecule has 158 valence electrons. The van der Waals surface area contributed by atoms with Gasteiger partial charge in [-0.15, -0.1) is 0 Å². The van der Waals surface area contributed by atoms with E-state index in [0.717, 1.165) is 9.80 Å². The van der Waals surface area contributed by atoms with Crippen molar-refractivity contribution >= 4 is 31.5 Å². The quantitative estimate of drug-likeness (QED) is 0.605. The molecular weight excluding hydrogens is 432 g/mol. The second-order valence-electron chi connectivity index (χ2n) is 7.00. The molecule has 30 heavy (non-hydrogen) atoms. The molecule has 4 rings (SSSR count). The van der Waals surface area contributed by atoms with E-state index in [-0.39, 0.29) is 24.5 Å². The third kappa shape index (κ3) is 3.56. The van der Waals surface area contributed by atoms with Crippen molar-refractivity contribution in [2.24, 2.45) is 0 Å². The molecule has 2 fully saturated rings. The van der Waals surface area contributed by atoms with Gasteiger partial charge in [-0.05, 0) is 24.3 Å². The van der Waals surface area contributed by atoms with Crippen LogP contribution in [0.25, 0.3) is 0 Å². The summed E-state index contributed by atoms with van der Waals surface area (Å²) >= 11 is 0. The summed E-state index contributed by atoms with van der Waals surface area (Å²) in [5, 5.41) is -2.54. The van der Waals surface area contributed by atoms with Crippen molar-refractivity contribution in [2.45, 2.75) is 10.7 Å². The molecule has 0 unspecified atom stereocenters. The Hall–Kier alpha value is -2.86. The molecule has 2 aliphatic heterocycles. The highest BCUT2D eigenvalue weighted by Gasteiger charge is 2.48. The highest BCUT2D eigenvalue weighted by atomic mass is 32.2. The van der Waals surface area contributed by atoms with E-state index in [1.165, 1.54) is 24.5 Å². The van der Waals surface area contributed by atoms with Gasteiger partial charge in [0.05, 0.1) is 11.4 Å². The molecule has 0 radical (unpaired) electrons. The molecule has 2 saturated heterocycles. The predicted octanol–water partition coefficient (Wildman–Crippen LogP) is -0.312. The molecule has 4 heterocycles. The third-order valence-electron chi connectivity index (χ3n) is 5.00. The Morgan fingerprint density at radius 3 is 1.47 bits per heavy atom. The van der Waals surface area contributed by atoms with Gasteiger partial charge in [0, 0.05) is 25.5 Å². The Bertz CT molecular complexity index is 1090. The normalized spacial score (nSPS) is 25.1. The van der Waals surface area contributed by atoms with Crippen LogP contribution in [0.5, 0.6) is 0 Å². The van der Waals surface area contributed by atoms with Crippen LogP contribution in [0.3, 0.4) is 0 Å². The first-order valence-electron chi connectivity index (χ1n) is 9.05. The Morgan fingerprint density at radius 2 is 1.13 bits per heavy atom. The average molecular weight is 450 g/mol. The van der Waals surface area contributed by atoms with Crippen molar-refractivity contribution in [1.29, 1.82) is 0 Å². The summed E-state index contributed by atoms with van der Waals surface area (Å²) < 4.78 is 50.2. The highest BCUT2D eigenvalue weighted by molar-refractivity contribution is 7.93. The molecule has 2 atom stereocenters. The Morgan fingerprint density at radius 1 is 0.733 bits per heavy atom. The van der Waals surface area contributed by atoms with Gasteiger partial charge in [0.1, 0.15) is 11.5 Å². The number of hydrogen-bond acceptors (Lipinski definition) is 8. The van der Waals surface area contributed by atoms with Crippen LogP contribution >= 0.6 is 0 Å². The SMILES string of the molecule is O=C1CS(=O)(=O)[C@@H](c2ccccn2)N1CCN1C(=O)CS(=O)(=O)[C@H]1c1ccccn1. The number of nitrogens with zero attached hydrogens (tertiary/aromatic N) is 4. The number of aromatic nitrogens is 2. The highest BCUT2D eigenvalue weighted by Crippen LogP contribution is 2.35. The topological polar surface area (TPSA) is 135 Å². The van der Waals surface area contributed by atoms with Crippen LogP contribution in [0.15, 0.2) is 48.8 Å². The van der Waals surface area contributed by atoms with E-state index in [0.29, 0.717) is 0 Å². The zero-order valence-electron chi connectivity index (χ0n) is 15.7. The fourth-order valence-corrected chi connectivity index (χ4v) is 7.32. The summed E-state index contributed by atoms with van der Waals surface area (Å²) in [5.74, 6) is -2.56. The monoisotopic (exact) mass is 450 g/mol. The van der Waals surface area contributed by atoms with Crippen LogP contribution in [-0.2, 0) is 29.3 Å². The van der Waals surface area contributed by atoms with E-state index < -0.39 is 53.7 Å². The first kappa shape index (κ1) is 20.4. The predicted molar refractivity (Wildman–Crippen MR) is 105 cm³/mol. The van der Waals surface area contributed by atoms with Crippen molar-refractivity contribution in [2.75, 3.05) is 24.6 Å². The minimum absolute atomic E-state index is 0.149. The summed E-state index contributed by atoms with van der Waals surface area (Å²) in [6, 6.07) is 9.51. The lowest BCUT2D eigenvalue weighted by Crippen LogP contribution is -2.40. The first-order valence-corrected chi connectivity index (χ1v) is 12.5. The molecule has 2 aromatic heterocycles. The van der Waals surface area contributed by atoms with E-state index in [2.05, 4.69) is 9.97 Å². The fraction of sp³-hybridized carbons (Fsp3) is 0.333. The number of carbonyl (C=O) groups is 2. The zero-order valence-corrected chi connectivity index (χ0v) is 17.3. The van der Waals surface area contributed by atoms with Gasteiger partial charge >= 0.3 is 0 Å². The van der Waals surface area contributed by atoms with Gasteiger partial charge in [-0.3, -0.25) is 19.6 Å². The van der Waals surface area contributed by atoms with E-state index >= 15 is 0 Å². The minimum atomic E-state index is -3.81. The van der Waals surface area contributed by atoms with Gasteiger partial charge in [0.25, 0.3) is 0 Å². The van der Waals surface area contributed by atoms with Crippen LogP contribution in [-0.4, -0.2) is 73.0 Å². The maximum Gasteiger partial charge on any atom is 0.239 e. The van der Waals surface area contributed by atoms with Crippen molar-refractivity contribution in [3.05, 3.63) is 60.2 Å². The lowest BCUT2D eigenvalue weighted by molar-refractivity contribution is -0.132. The second kappa shape index (κ2) is 7.43. The molecule has 12 heteroatoms. The van der Waals surface area contributed by atoms with Gasteiger partial charge < -0.3 is 9.80 Å². The molecule has 10 nitrogen and oxygen atoms in total. The summed E-state index contributed by atoms with van der Waals surface area (Å²) in [7, 11) is -7.61. The number of sulfone groups is 2. The minimum Gasteiger partial charge on any atom is -0.318 e. The van der Waals surface area contributed by atoms with Crippen LogP contribution in [0.2, 0.25) is 0 Å². The molecule has 0 saturated carbocycles. The van der Waals surface area contributed by atoms with Crippen LogP contribution in [0, 0.1) is 0 Å². The molecular formula is C18H18N4O6S2. The Labute approximate surface area is 173 Å². The summed E-state index contributed by atoms with van der Waals surface area (Å²) in [6.07, 6.45) is 2.86. The van der Waals surface area contributed by atoms with Crippen LogP contribution < -0.4 is 0 Å². The van der Waals surface area contributed by atoms with Gasteiger partial charge in [-0.1, -0.05) is 12.1 Å². The van der Waals surface area contributed by atoms with Crippen molar-refractivity contribution in [3.63, 3.8) is 0 Å². The van der Waals surface area contributed by atoms with Gasteiger partial charge in [-0.2, -0.15) is 0 Å². The third-order valence-corrected chi connectivity index (χ3v) is 8.65.